The molecule has 0 saturated carbocycles. The fraction of sp³-hybridized carbons (Fsp3) is 0.524. The van der Waals surface area contributed by atoms with Crippen molar-refractivity contribution in [1.82, 2.24) is 9.97 Å². The zero-order valence-corrected chi connectivity index (χ0v) is 18.3. The van der Waals surface area contributed by atoms with E-state index in [0.717, 1.165) is 40.8 Å². The lowest BCUT2D eigenvalue weighted by atomic mass is 9.86. The van der Waals surface area contributed by atoms with Crippen molar-refractivity contribution in [2.24, 2.45) is 0 Å². The molecule has 0 unspecified atom stereocenters. The topological polar surface area (TPSA) is 58.2 Å². The summed E-state index contributed by atoms with van der Waals surface area (Å²) in [5, 5.41) is 0. The number of fused-ring (bicyclic) bond motifs is 1. The van der Waals surface area contributed by atoms with E-state index in [9.17, 15) is 4.79 Å². The van der Waals surface area contributed by atoms with Crippen LogP contribution >= 0.6 is 0 Å². The molecule has 0 bridgehead atoms. The van der Waals surface area contributed by atoms with Gasteiger partial charge in [0.05, 0.1) is 11.1 Å². The van der Waals surface area contributed by atoms with Crippen molar-refractivity contribution in [3.63, 3.8) is 0 Å². The van der Waals surface area contributed by atoms with Gasteiger partial charge in [0, 0.05) is 32.1 Å². The predicted molar refractivity (Wildman–Crippen MR) is 113 cm³/mol. The number of rotatable bonds is 7. The summed E-state index contributed by atoms with van der Waals surface area (Å²) in [5.41, 5.74) is 3.55. The van der Waals surface area contributed by atoms with Gasteiger partial charge >= 0.3 is 0 Å². The van der Waals surface area contributed by atoms with Crippen LogP contribution in [0.25, 0.3) is 11.4 Å². The summed E-state index contributed by atoms with van der Waals surface area (Å²) in [4.78, 5) is 22.6. The van der Waals surface area contributed by atoms with Gasteiger partial charge in [0.2, 0.25) is 5.91 Å². The average Bonchev–Trinajstić information content (AvgIpc) is 3.15. The Morgan fingerprint density at radius 2 is 2.00 bits per heavy atom. The van der Waals surface area contributed by atoms with Gasteiger partial charge in [-0.1, -0.05) is 38.7 Å². The number of nitrogens with zero attached hydrogens (tertiary/aromatic N) is 2. The third kappa shape index (κ3) is 4.01. The molecule has 0 radical (unpaired) electrons. The fourth-order valence-corrected chi connectivity index (χ4v) is 4.10. The molecule has 1 aliphatic heterocycles. The number of aromatic nitrogens is 2. The molecular formula is C21H31N3O2Si. The number of aromatic amines is 1. The Morgan fingerprint density at radius 3 is 2.63 bits per heavy atom. The molecule has 5 nitrogen and oxygen atoms in total. The minimum Gasteiger partial charge on any atom is -0.361 e. The van der Waals surface area contributed by atoms with E-state index in [2.05, 4.69) is 48.7 Å². The van der Waals surface area contributed by atoms with Gasteiger partial charge < -0.3 is 9.72 Å². The first-order chi connectivity index (χ1) is 12.6. The van der Waals surface area contributed by atoms with Crippen molar-refractivity contribution in [1.29, 1.82) is 0 Å². The summed E-state index contributed by atoms with van der Waals surface area (Å²) in [7, 11) is -1.15. The van der Waals surface area contributed by atoms with E-state index in [4.69, 9.17) is 4.74 Å². The lowest BCUT2D eigenvalue weighted by Gasteiger charge is -2.22. The number of H-pyrrole nitrogens is 1. The molecule has 1 aliphatic rings. The molecule has 1 N–H and O–H groups in total. The fourth-order valence-electron chi connectivity index (χ4n) is 3.34. The van der Waals surface area contributed by atoms with E-state index in [1.807, 2.05) is 26.1 Å². The Balaban J connectivity index is 1.85. The lowest BCUT2D eigenvalue weighted by Crippen LogP contribution is -2.38. The molecule has 0 aliphatic carbocycles. The minimum atomic E-state index is -1.15. The van der Waals surface area contributed by atoms with Crippen LogP contribution in [0.4, 0.5) is 5.69 Å². The van der Waals surface area contributed by atoms with Crippen LogP contribution in [0.15, 0.2) is 24.4 Å². The molecular weight excluding hydrogens is 354 g/mol. The Bertz CT molecular complexity index is 836. The molecule has 27 heavy (non-hydrogen) atoms. The molecule has 6 heteroatoms. The quantitative estimate of drug-likeness (QED) is 0.561. The number of nitrogens with one attached hydrogen (secondary N) is 1. The van der Waals surface area contributed by atoms with Crippen LogP contribution < -0.4 is 4.90 Å². The van der Waals surface area contributed by atoms with Gasteiger partial charge in [0.15, 0.2) is 0 Å². The maximum atomic E-state index is 13.0. The molecule has 3 rings (SSSR count). The minimum absolute atomic E-state index is 0.0938. The van der Waals surface area contributed by atoms with Crippen LogP contribution in [0.1, 0.15) is 32.0 Å². The van der Waals surface area contributed by atoms with E-state index in [-0.39, 0.29) is 5.91 Å². The number of aryl methyl sites for hydroxylation is 1. The smallest absolute Gasteiger partial charge is 0.239 e. The number of hydrogen-bond donors (Lipinski definition) is 1. The van der Waals surface area contributed by atoms with Gasteiger partial charge in [-0.25, -0.2) is 4.98 Å². The second-order valence-corrected chi connectivity index (χ2v) is 14.7. The molecule has 0 fully saturated rings. The highest BCUT2D eigenvalue weighted by Crippen LogP contribution is 2.43. The Hall–Kier alpha value is -1.92. The number of anilines is 1. The molecule has 1 aromatic carbocycles. The van der Waals surface area contributed by atoms with Gasteiger partial charge in [0.25, 0.3) is 0 Å². The van der Waals surface area contributed by atoms with Crippen molar-refractivity contribution in [2.45, 2.75) is 58.3 Å². The molecule has 2 heterocycles. The molecule has 1 aromatic heterocycles. The maximum Gasteiger partial charge on any atom is 0.239 e. The highest BCUT2D eigenvalue weighted by Gasteiger charge is 2.44. The molecule has 0 saturated heterocycles. The Kier molecular flexibility index (Phi) is 5.32. The number of ether oxygens (including phenoxy) is 1. The summed E-state index contributed by atoms with van der Waals surface area (Å²) >= 11 is 0. The molecule has 1 amide bonds. The Labute approximate surface area is 163 Å². The second kappa shape index (κ2) is 7.24. The number of carbonyl (C=O) groups excluding carboxylic acids is 1. The SMILES string of the molecule is CCc1cnc(-c2ccc3c(c2)N(COCC[Si](C)(C)C)C(=O)C3(C)C)[nH]1. The molecule has 2 aromatic rings. The first-order valence-electron chi connectivity index (χ1n) is 9.72. The standard InChI is InChI=1S/C21H31N3O2Si/c1-7-16-13-22-19(23-16)15-8-9-17-18(12-15)24(20(25)21(17,2)3)14-26-10-11-27(4,5)6/h8-9,12-13H,7,10-11,14H2,1-6H3,(H,22,23). The van der Waals surface area contributed by atoms with E-state index >= 15 is 0 Å². The number of hydrogen-bond acceptors (Lipinski definition) is 3. The summed E-state index contributed by atoms with van der Waals surface area (Å²) in [6.07, 6.45) is 2.79. The van der Waals surface area contributed by atoms with Gasteiger partial charge in [0.1, 0.15) is 12.6 Å². The zero-order valence-electron chi connectivity index (χ0n) is 17.3. The maximum absolute atomic E-state index is 13.0. The van der Waals surface area contributed by atoms with Crippen molar-refractivity contribution in [2.75, 3.05) is 18.2 Å². The van der Waals surface area contributed by atoms with Crippen LogP contribution in [0.2, 0.25) is 25.7 Å². The number of amides is 1. The van der Waals surface area contributed by atoms with Gasteiger partial charge in [-0.05, 0) is 37.9 Å². The van der Waals surface area contributed by atoms with Crippen LogP contribution in [0.5, 0.6) is 0 Å². The predicted octanol–water partition coefficient (Wildman–Crippen LogP) is 4.58. The van der Waals surface area contributed by atoms with E-state index in [1.165, 1.54) is 0 Å². The Morgan fingerprint density at radius 1 is 1.26 bits per heavy atom. The third-order valence-corrected chi connectivity index (χ3v) is 6.95. The highest BCUT2D eigenvalue weighted by atomic mass is 28.3. The summed E-state index contributed by atoms with van der Waals surface area (Å²) in [6.45, 7) is 14.1. The van der Waals surface area contributed by atoms with Gasteiger partial charge in [-0.15, -0.1) is 0 Å². The largest absolute Gasteiger partial charge is 0.361 e. The highest BCUT2D eigenvalue weighted by molar-refractivity contribution is 6.76. The summed E-state index contributed by atoms with van der Waals surface area (Å²) in [5.74, 6) is 0.933. The second-order valence-electron chi connectivity index (χ2n) is 9.05. The lowest BCUT2D eigenvalue weighted by molar-refractivity contribution is -0.123. The zero-order chi connectivity index (χ0) is 19.8. The van der Waals surface area contributed by atoms with Gasteiger partial charge in [-0.3, -0.25) is 9.69 Å². The number of carbonyl (C=O) groups is 1. The van der Waals surface area contributed by atoms with Crippen molar-refractivity contribution in [3.8, 4) is 11.4 Å². The summed E-state index contributed by atoms with van der Waals surface area (Å²) in [6, 6.07) is 7.25. The molecule has 0 spiro atoms. The van der Waals surface area contributed by atoms with E-state index in [1.54, 1.807) is 4.90 Å². The van der Waals surface area contributed by atoms with Crippen LogP contribution in [0, 0.1) is 0 Å². The van der Waals surface area contributed by atoms with Crippen molar-refractivity contribution >= 4 is 19.7 Å². The molecule has 146 valence electrons. The summed E-state index contributed by atoms with van der Waals surface area (Å²) < 4.78 is 5.90. The number of imidazole rings is 1. The van der Waals surface area contributed by atoms with E-state index < -0.39 is 13.5 Å². The average molecular weight is 386 g/mol. The van der Waals surface area contributed by atoms with Crippen LogP contribution in [0.3, 0.4) is 0 Å². The van der Waals surface area contributed by atoms with Crippen molar-refractivity contribution < 1.29 is 9.53 Å². The van der Waals surface area contributed by atoms with E-state index in [0.29, 0.717) is 13.3 Å². The van der Waals surface area contributed by atoms with Crippen molar-refractivity contribution in [3.05, 3.63) is 35.7 Å². The van der Waals surface area contributed by atoms with Crippen LogP contribution in [-0.2, 0) is 21.4 Å². The first-order valence-corrected chi connectivity index (χ1v) is 13.4. The van der Waals surface area contributed by atoms with Crippen LogP contribution in [-0.4, -0.2) is 37.3 Å². The normalized spacial score (nSPS) is 16.1. The monoisotopic (exact) mass is 385 g/mol. The van der Waals surface area contributed by atoms with Gasteiger partial charge in [-0.2, -0.15) is 0 Å². The first kappa shape index (κ1) is 19.8. The number of benzene rings is 1. The molecule has 0 atom stereocenters. The third-order valence-electron chi connectivity index (χ3n) is 5.24.